The van der Waals surface area contributed by atoms with Crippen molar-refractivity contribution in [1.29, 1.82) is 0 Å². The van der Waals surface area contributed by atoms with E-state index in [2.05, 4.69) is 4.99 Å². The second-order valence-electron chi connectivity index (χ2n) is 4.82. The fraction of sp³-hybridized carbons (Fsp3) is 0.111. The summed E-state index contributed by atoms with van der Waals surface area (Å²) in [7, 11) is 0. The van der Waals surface area contributed by atoms with Gasteiger partial charge >= 0.3 is 5.97 Å². The summed E-state index contributed by atoms with van der Waals surface area (Å²) < 4.78 is 23.9. The van der Waals surface area contributed by atoms with Crippen LogP contribution in [0.5, 0.6) is 5.75 Å². The van der Waals surface area contributed by atoms with Crippen LogP contribution in [0.3, 0.4) is 0 Å². The average Bonchev–Trinajstić information content (AvgIpc) is 2.91. The van der Waals surface area contributed by atoms with E-state index < -0.39 is 11.8 Å². The van der Waals surface area contributed by atoms with Gasteiger partial charge in [0.15, 0.2) is 5.70 Å². The zero-order valence-corrected chi connectivity index (χ0v) is 12.5. The average molecular weight is 311 g/mol. The van der Waals surface area contributed by atoms with E-state index in [1.165, 1.54) is 18.2 Å². The Hall–Kier alpha value is -2.95. The molecule has 2 aromatic rings. The first kappa shape index (κ1) is 15.0. The van der Waals surface area contributed by atoms with Gasteiger partial charge in [0.05, 0.1) is 6.61 Å². The van der Waals surface area contributed by atoms with Gasteiger partial charge in [-0.3, -0.25) is 0 Å². The molecule has 116 valence electrons. The zero-order valence-electron chi connectivity index (χ0n) is 12.5. The number of cyclic esters (lactones) is 1. The minimum atomic E-state index is -0.574. The lowest BCUT2D eigenvalue weighted by Gasteiger charge is -2.06. The molecule has 2 aromatic carbocycles. The molecule has 4 nitrogen and oxygen atoms in total. The first-order valence-corrected chi connectivity index (χ1v) is 7.17. The van der Waals surface area contributed by atoms with E-state index in [0.29, 0.717) is 17.9 Å². The van der Waals surface area contributed by atoms with Gasteiger partial charge in [-0.15, -0.1) is 0 Å². The molecule has 0 aromatic heterocycles. The fourth-order valence-corrected chi connectivity index (χ4v) is 2.19. The van der Waals surface area contributed by atoms with E-state index >= 15 is 0 Å². The molecule has 23 heavy (non-hydrogen) atoms. The molecule has 0 radical (unpaired) electrons. The molecule has 0 spiro atoms. The summed E-state index contributed by atoms with van der Waals surface area (Å²) in [6.45, 7) is 2.40. The number of benzene rings is 2. The molecule has 0 N–H and O–H groups in total. The third-order valence-corrected chi connectivity index (χ3v) is 3.20. The highest BCUT2D eigenvalue weighted by Gasteiger charge is 2.24. The predicted octanol–water partition coefficient (Wildman–Crippen LogP) is 3.57. The van der Waals surface area contributed by atoms with Crippen LogP contribution in [0.4, 0.5) is 4.39 Å². The number of carbonyl (C=O) groups is 1. The Morgan fingerprint density at radius 3 is 2.83 bits per heavy atom. The van der Waals surface area contributed by atoms with Crippen molar-refractivity contribution in [3.63, 3.8) is 0 Å². The quantitative estimate of drug-likeness (QED) is 0.640. The number of para-hydroxylation sites is 1. The number of carbonyl (C=O) groups excluding carboxylic acids is 1. The van der Waals surface area contributed by atoms with Gasteiger partial charge in [-0.25, -0.2) is 14.2 Å². The van der Waals surface area contributed by atoms with Crippen LogP contribution in [0.15, 0.2) is 59.2 Å². The number of nitrogens with zero attached hydrogens (tertiary/aromatic N) is 1. The summed E-state index contributed by atoms with van der Waals surface area (Å²) in [5.74, 6) is -0.240. The second kappa shape index (κ2) is 6.44. The van der Waals surface area contributed by atoms with Crippen molar-refractivity contribution < 1.29 is 18.7 Å². The molecule has 1 aliphatic rings. The Balaban J connectivity index is 1.95. The minimum Gasteiger partial charge on any atom is -0.493 e. The number of hydrogen-bond donors (Lipinski definition) is 0. The highest BCUT2D eigenvalue weighted by Crippen LogP contribution is 2.24. The first-order chi connectivity index (χ1) is 11.2. The van der Waals surface area contributed by atoms with Gasteiger partial charge in [-0.1, -0.05) is 24.3 Å². The molecule has 5 heteroatoms. The molecule has 0 atom stereocenters. The Bertz CT molecular complexity index is 811. The Morgan fingerprint density at radius 1 is 1.22 bits per heavy atom. The van der Waals surface area contributed by atoms with Crippen molar-refractivity contribution >= 4 is 17.9 Å². The van der Waals surface area contributed by atoms with Gasteiger partial charge < -0.3 is 9.47 Å². The molecule has 0 aliphatic carbocycles. The molecule has 0 amide bonds. The van der Waals surface area contributed by atoms with E-state index in [9.17, 15) is 9.18 Å². The van der Waals surface area contributed by atoms with Gasteiger partial charge in [-0.05, 0) is 37.3 Å². The second-order valence-corrected chi connectivity index (χ2v) is 4.82. The molecule has 0 saturated carbocycles. The Morgan fingerprint density at radius 2 is 2.04 bits per heavy atom. The van der Waals surface area contributed by atoms with Crippen LogP contribution in [0, 0.1) is 5.82 Å². The van der Waals surface area contributed by atoms with Gasteiger partial charge in [-0.2, -0.15) is 0 Å². The van der Waals surface area contributed by atoms with E-state index in [-0.39, 0.29) is 11.6 Å². The molecule has 3 rings (SSSR count). The summed E-state index contributed by atoms with van der Waals surface area (Å²) >= 11 is 0. The molecule has 1 heterocycles. The maximum absolute atomic E-state index is 13.3. The number of ether oxygens (including phenoxy) is 2. The summed E-state index contributed by atoms with van der Waals surface area (Å²) in [4.78, 5) is 16.1. The van der Waals surface area contributed by atoms with Crippen LogP contribution in [0.25, 0.3) is 6.08 Å². The first-order valence-electron chi connectivity index (χ1n) is 7.17. The van der Waals surface area contributed by atoms with E-state index in [0.717, 1.165) is 5.56 Å². The van der Waals surface area contributed by atoms with Crippen molar-refractivity contribution in [1.82, 2.24) is 0 Å². The van der Waals surface area contributed by atoms with E-state index in [1.807, 2.05) is 31.2 Å². The molecule has 0 fully saturated rings. The Kier molecular flexibility index (Phi) is 4.19. The van der Waals surface area contributed by atoms with Crippen LogP contribution >= 0.6 is 0 Å². The SMILES string of the molecule is CCOc1ccccc1/C=C1\N=C(c2cccc(F)c2)OC1=O. The van der Waals surface area contributed by atoms with Crippen molar-refractivity contribution in [3.8, 4) is 5.75 Å². The fourth-order valence-electron chi connectivity index (χ4n) is 2.19. The van der Waals surface area contributed by atoms with Crippen molar-refractivity contribution in [2.45, 2.75) is 6.92 Å². The Labute approximate surface area is 132 Å². The normalized spacial score (nSPS) is 15.5. The lowest BCUT2D eigenvalue weighted by atomic mass is 10.1. The number of halogens is 1. The molecule has 1 aliphatic heterocycles. The van der Waals surface area contributed by atoms with Gasteiger partial charge in [0.2, 0.25) is 5.90 Å². The summed E-state index contributed by atoms with van der Waals surface area (Å²) in [5.41, 5.74) is 1.29. The highest BCUT2D eigenvalue weighted by atomic mass is 19.1. The summed E-state index contributed by atoms with van der Waals surface area (Å²) in [6.07, 6.45) is 1.60. The third-order valence-electron chi connectivity index (χ3n) is 3.20. The lowest BCUT2D eigenvalue weighted by molar-refractivity contribution is -0.129. The number of esters is 1. The van der Waals surface area contributed by atoms with Gasteiger partial charge in [0.1, 0.15) is 11.6 Å². The maximum atomic E-state index is 13.3. The van der Waals surface area contributed by atoms with Crippen LogP contribution in [0.1, 0.15) is 18.1 Å². The van der Waals surface area contributed by atoms with Crippen molar-refractivity contribution in [2.75, 3.05) is 6.61 Å². The lowest BCUT2D eigenvalue weighted by Crippen LogP contribution is -2.05. The van der Waals surface area contributed by atoms with Crippen LogP contribution in [-0.4, -0.2) is 18.5 Å². The smallest absolute Gasteiger partial charge is 0.363 e. The van der Waals surface area contributed by atoms with Crippen molar-refractivity contribution in [2.24, 2.45) is 4.99 Å². The summed E-state index contributed by atoms with van der Waals surface area (Å²) in [5, 5.41) is 0. The van der Waals surface area contributed by atoms with Crippen LogP contribution < -0.4 is 4.74 Å². The van der Waals surface area contributed by atoms with Crippen LogP contribution in [-0.2, 0) is 9.53 Å². The molecular weight excluding hydrogens is 297 g/mol. The maximum Gasteiger partial charge on any atom is 0.363 e. The molecular formula is C18H14FNO3. The zero-order chi connectivity index (χ0) is 16.2. The predicted molar refractivity (Wildman–Crippen MR) is 84.6 cm³/mol. The molecule has 0 bridgehead atoms. The standard InChI is InChI=1S/C18H14FNO3/c1-2-22-16-9-4-3-6-12(16)11-15-18(21)23-17(20-15)13-7-5-8-14(19)10-13/h3-11H,2H2,1H3/b15-11-. The van der Waals surface area contributed by atoms with Gasteiger partial charge in [0.25, 0.3) is 0 Å². The molecule has 0 unspecified atom stereocenters. The van der Waals surface area contributed by atoms with Crippen LogP contribution in [0.2, 0.25) is 0 Å². The van der Waals surface area contributed by atoms with E-state index in [1.54, 1.807) is 12.1 Å². The van der Waals surface area contributed by atoms with Gasteiger partial charge in [0, 0.05) is 11.1 Å². The number of aliphatic imine (C=N–C) groups is 1. The number of hydrogen-bond acceptors (Lipinski definition) is 4. The third kappa shape index (κ3) is 3.29. The largest absolute Gasteiger partial charge is 0.493 e. The highest BCUT2D eigenvalue weighted by molar-refractivity contribution is 6.12. The minimum absolute atomic E-state index is 0.0923. The molecule has 0 saturated heterocycles. The monoisotopic (exact) mass is 311 g/mol. The number of rotatable bonds is 4. The van der Waals surface area contributed by atoms with Crippen molar-refractivity contribution in [3.05, 3.63) is 71.2 Å². The summed E-state index contributed by atoms with van der Waals surface area (Å²) in [6, 6.07) is 13.1. The van der Waals surface area contributed by atoms with E-state index in [4.69, 9.17) is 9.47 Å². The topological polar surface area (TPSA) is 47.9 Å².